The Bertz CT molecular complexity index is 299. The summed E-state index contributed by atoms with van der Waals surface area (Å²) in [5.41, 5.74) is 8.10. The van der Waals surface area contributed by atoms with Gasteiger partial charge in [0.25, 0.3) is 0 Å². The average molecular weight is 194 g/mol. The SMILES string of the molecule is CCC[C@@H](N)c1ccc(OC)nc1C. The summed E-state index contributed by atoms with van der Waals surface area (Å²) in [7, 11) is 1.62. The molecule has 1 aromatic heterocycles. The Labute approximate surface area is 85.3 Å². The first-order valence-electron chi connectivity index (χ1n) is 4.96. The molecule has 0 aromatic carbocycles. The van der Waals surface area contributed by atoms with Gasteiger partial charge in [-0.25, -0.2) is 4.98 Å². The van der Waals surface area contributed by atoms with Crippen LogP contribution in [-0.2, 0) is 0 Å². The van der Waals surface area contributed by atoms with Gasteiger partial charge < -0.3 is 10.5 Å². The third-order valence-electron chi connectivity index (χ3n) is 2.31. The summed E-state index contributed by atoms with van der Waals surface area (Å²) in [5.74, 6) is 0.648. The maximum absolute atomic E-state index is 6.02. The molecule has 0 aliphatic rings. The van der Waals surface area contributed by atoms with E-state index in [2.05, 4.69) is 11.9 Å². The minimum Gasteiger partial charge on any atom is -0.481 e. The highest BCUT2D eigenvalue weighted by Gasteiger charge is 2.09. The van der Waals surface area contributed by atoms with Gasteiger partial charge in [-0.2, -0.15) is 0 Å². The number of aryl methyl sites for hydroxylation is 1. The highest BCUT2D eigenvalue weighted by molar-refractivity contribution is 5.27. The smallest absolute Gasteiger partial charge is 0.213 e. The second-order valence-electron chi connectivity index (χ2n) is 3.42. The van der Waals surface area contributed by atoms with E-state index in [1.807, 2.05) is 19.1 Å². The van der Waals surface area contributed by atoms with Crippen LogP contribution in [0.15, 0.2) is 12.1 Å². The number of nitrogens with zero attached hydrogens (tertiary/aromatic N) is 1. The fourth-order valence-electron chi connectivity index (χ4n) is 1.52. The zero-order chi connectivity index (χ0) is 10.6. The van der Waals surface area contributed by atoms with E-state index in [1.165, 1.54) is 0 Å². The molecule has 0 radical (unpaired) electrons. The number of hydrogen-bond acceptors (Lipinski definition) is 3. The molecule has 0 amide bonds. The van der Waals surface area contributed by atoms with E-state index in [1.54, 1.807) is 7.11 Å². The Morgan fingerprint density at radius 2 is 2.21 bits per heavy atom. The lowest BCUT2D eigenvalue weighted by molar-refractivity contribution is 0.396. The van der Waals surface area contributed by atoms with Crippen molar-refractivity contribution in [1.82, 2.24) is 4.98 Å². The minimum atomic E-state index is 0.0957. The van der Waals surface area contributed by atoms with Gasteiger partial charge in [-0.1, -0.05) is 19.4 Å². The van der Waals surface area contributed by atoms with Crippen molar-refractivity contribution in [3.8, 4) is 5.88 Å². The molecule has 0 saturated carbocycles. The summed E-state index contributed by atoms with van der Waals surface area (Å²) in [6.45, 7) is 4.10. The van der Waals surface area contributed by atoms with Crippen molar-refractivity contribution < 1.29 is 4.74 Å². The van der Waals surface area contributed by atoms with Crippen molar-refractivity contribution in [3.63, 3.8) is 0 Å². The molecule has 0 aliphatic carbocycles. The van der Waals surface area contributed by atoms with Crippen LogP contribution in [0.3, 0.4) is 0 Å². The lowest BCUT2D eigenvalue weighted by Gasteiger charge is -2.13. The Balaban J connectivity index is 2.88. The van der Waals surface area contributed by atoms with Gasteiger partial charge in [-0.05, 0) is 18.9 Å². The van der Waals surface area contributed by atoms with Gasteiger partial charge in [0, 0.05) is 17.8 Å². The fourth-order valence-corrected chi connectivity index (χ4v) is 1.52. The van der Waals surface area contributed by atoms with Crippen molar-refractivity contribution in [2.24, 2.45) is 5.73 Å². The van der Waals surface area contributed by atoms with Crippen LogP contribution < -0.4 is 10.5 Å². The second-order valence-corrected chi connectivity index (χ2v) is 3.42. The molecule has 1 atom stereocenters. The predicted octanol–water partition coefficient (Wildman–Crippen LogP) is 2.20. The molecular formula is C11H18N2O. The van der Waals surface area contributed by atoms with Crippen LogP contribution in [0.5, 0.6) is 5.88 Å². The van der Waals surface area contributed by atoms with Gasteiger partial charge in [0.2, 0.25) is 5.88 Å². The normalized spacial score (nSPS) is 12.6. The van der Waals surface area contributed by atoms with Crippen molar-refractivity contribution in [2.75, 3.05) is 7.11 Å². The van der Waals surface area contributed by atoms with Crippen LogP contribution in [0.1, 0.15) is 37.1 Å². The minimum absolute atomic E-state index is 0.0957. The van der Waals surface area contributed by atoms with Crippen LogP contribution in [0.25, 0.3) is 0 Å². The lowest BCUT2D eigenvalue weighted by atomic mass is 10.0. The molecule has 0 bridgehead atoms. The van der Waals surface area contributed by atoms with Gasteiger partial charge in [0.1, 0.15) is 0 Å². The van der Waals surface area contributed by atoms with Gasteiger partial charge in [-0.3, -0.25) is 0 Å². The molecule has 1 aromatic rings. The molecule has 0 aliphatic heterocycles. The van der Waals surface area contributed by atoms with Gasteiger partial charge >= 0.3 is 0 Å². The molecule has 0 spiro atoms. The van der Waals surface area contributed by atoms with Crippen LogP contribution >= 0.6 is 0 Å². The number of ether oxygens (including phenoxy) is 1. The van der Waals surface area contributed by atoms with E-state index in [4.69, 9.17) is 10.5 Å². The average Bonchev–Trinajstić information content (AvgIpc) is 2.17. The monoisotopic (exact) mass is 194 g/mol. The Hall–Kier alpha value is -1.09. The summed E-state index contributed by atoms with van der Waals surface area (Å²) >= 11 is 0. The maximum atomic E-state index is 6.02. The van der Waals surface area contributed by atoms with E-state index in [-0.39, 0.29) is 6.04 Å². The van der Waals surface area contributed by atoms with Gasteiger partial charge in [-0.15, -0.1) is 0 Å². The topological polar surface area (TPSA) is 48.1 Å². The van der Waals surface area contributed by atoms with Gasteiger partial charge in [0.15, 0.2) is 0 Å². The van der Waals surface area contributed by atoms with Gasteiger partial charge in [0.05, 0.1) is 7.11 Å². The molecule has 1 rings (SSSR count). The first-order valence-corrected chi connectivity index (χ1v) is 4.96. The van der Waals surface area contributed by atoms with Crippen LogP contribution in [0.4, 0.5) is 0 Å². The first kappa shape index (κ1) is 11.0. The number of rotatable bonds is 4. The third kappa shape index (κ3) is 2.45. The molecular weight excluding hydrogens is 176 g/mol. The number of pyridine rings is 1. The quantitative estimate of drug-likeness (QED) is 0.799. The second kappa shape index (κ2) is 4.96. The fraction of sp³-hybridized carbons (Fsp3) is 0.545. The van der Waals surface area contributed by atoms with Crippen molar-refractivity contribution in [1.29, 1.82) is 0 Å². The highest BCUT2D eigenvalue weighted by Crippen LogP contribution is 2.20. The lowest BCUT2D eigenvalue weighted by Crippen LogP contribution is -2.12. The summed E-state index contributed by atoms with van der Waals surface area (Å²) in [5, 5.41) is 0. The standard InChI is InChI=1S/C11H18N2O/c1-4-5-10(12)9-6-7-11(14-3)13-8(9)2/h6-7,10H,4-5,12H2,1-3H3/t10-/m1/s1. The first-order chi connectivity index (χ1) is 6.69. The molecule has 3 nitrogen and oxygen atoms in total. The Morgan fingerprint density at radius 3 is 2.71 bits per heavy atom. The molecule has 0 unspecified atom stereocenters. The van der Waals surface area contributed by atoms with Crippen LogP contribution in [-0.4, -0.2) is 12.1 Å². The highest BCUT2D eigenvalue weighted by atomic mass is 16.5. The predicted molar refractivity (Wildman–Crippen MR) is 57.4 cm³/mol. The van der Waals surface area contributed by atoms with E-state index < -0.39 is 0 Å². The largest absolute Gasteiger partial charge is 0.481 e. The molecule has 0 fully saturated rings. The van der Waals surface area contributed by atoms with Crippen LogP contribution in [0, 0.1) is 6.92 Å². The number of aromatic nitrogens is 1. The Kier molecular flexibility index (Phi) is 3.89. The van der Waals surface area contributed by atoms with E-state index in [9.17, 15) is 0 Å². The van der Waals surface area contributed by atoms with E-state index in [0.29, 0.717) is 5.88 Å². The summed E-state index contributed by atoms with van der Waals surface area (Å²) < 4.78 is 5.04. The molecule has 3 heteroatoms. The molecule has 14 heavy (non-hydrogen) atoms. The number of hydrogen-bond donors (Lipinski definition) is 1. The summed E-state index contributed by atoms with van der Waals surface area (Å²) in [6, 6.07) is 3.96. The molecule has 2 N–H and O–H groups in total. The Morgan fingerprint density at radius 1 is 1.50 bits per heavy atom. The van der Waals surface area contributed by atoms with E-state index >= 15 is 0 Å². The van der Waals surface area contributed by atoms with Crippen molar-refractivity contribution in [3.05, 3.63) is 23.4 Å². The third-order valence-corrected chi connectivity index (χ3v) is 2.31. The summed E-state index contributed by atoms with van der Waals surface area (Å²) in [6.07, 6.45) is 2.08. The molecule has 1 heterocycles. The van der Waals surface area contributed by atoms with Crippen molar-refractivity contribution >= 4 is 0 Å². The van der Waals surface area contributed by atoms with Crippen LogP contribution in [0.2, 0.25) is 0 Å². The maximum Gasteiger partial charge on any atom is 0.213 e. The molecule has 0 saturated heterocycles. The number of methoxy groups -OCH3 is 1. The van der Waals surface area contributed by atoms with Crippen molar-refractivity contribution in [2.45, 2.75) is 32.7 Å². The summed E-state index contributed by atoms with van der Waals surface area (Å²) in [4.78, 5) is 4.29. The number of nitrogens with two attached hydrogens (primary N) is 1. The zero-order valence-electron chi connectivity index (χ0n) is 9.08. The van der Waals surface area contributed by atoms with E-state index in [0.717, 1.165) is 24.1 Å². The zero-order valence-corrected chi connectivity index (χ0v) is 9.08. The molecule has 78 valence electrons.